The Morgan fingerprint density at radius 2 is 2.00 bits per heavy atom. The van der Waals surface area contributed by atoms with Gasteiger partial charge in [0, 0.05) is 13.5 Å². The zero-order valence-electron chi connectivity index (χ0n) is 10.5. The van der Waals surface area contributed by atoms with Crippen molar-refractivity contribution in [3.05, 3.63) is 52.8 Å². The summed E-state index contributed by atoms with van der Waals surface area (Å²) < 4.78 is 39.7. The molecule has 1 heterocycles. The van der Waals surface area contributed by atoms with E-state index in [1.54, 1.807) is 0 Å². The van der Waals surface area contributed by atoms with Gasteiger partial charge in [-0.15, -0.1) is 0 Å². The van der Waals surface area contributed by atoms with E-state index < -0.39 is 17.7 Å². The predicted molar refractivity (Wildman–Crippen MR) is 64.4 cm³/mol. The van der Waals surface area contributed by atoms with E-state index >= 15 is 0 Å². The van der Waals surface area contributed by atoms with Gasteiger partial charge in [-0.05, 0) is 17.7 Å². The van der Waals surface area contributed by atoms with E-state index in [2.05, 4.69) is 5.10 Å². The van der Waals surface area contributed by atoms with Crippen LogP contribution in [-0.4, -0.2) is 20.9 Å². The third-order valence-electron chi connectivity index (χ3n) is 2.84. The fourth-order valence-electron chi connectivity index (χ4n) is 1.96. The molecule has 4 nitrogen and oxygen atoms in total. The molecule has 0 saturated carbocycles. The van der Waals surface area contributed by atoms with Gasteiger partial charge in [0.2, 0.25) is 0 Å². The molecule has 0 aliphatic heterocycles. The molecule has 2 rings (SSSR count). The van der Waals surface area contributed by atoms with E-state index in [1.807, 2.05) is 0 Å². The fraction of sp³-hybridized carbons (Fsp3) is 0.231. The number of benzene rings is 1. The third-order valence-corrected chi connectivity index (χ3v) is 2.84. The summed E-state index contributed by atoms with van der Waals surface area (Å²) in [5.41, 5.74) is -0.455. The topological polar surface area (TPSA) is 55.1 Å². The zero-order valence-corrected chi connectivity index (χ0v) is 10.5. The van der Waals surface area contributed by atoms with Crippen LogP contribution in [0.25, 0.3) is 0 Å². The van der Waals surface area contributed by atoms with Crippen LogP contribution in [0.4, 0.5) is 13.2 Å². The van der Waals surface area contributed by atoms with Crippen molar-refractivity contribution < 1.29 is 23.1 Å². The first-order chi connectivity index (χ1) is 9.29. The number of carboxylic acid groups (broad SMARTS) is 1. The summed E-state index contributed by atoms with van der Waals surface area (Å²) in [6.45, 7) is 0. The minimum Gasteiger partial charge on any atom is -0.477 e. The smallest absolute Gasteiger partial charge is 0.416 e. The lowest BCUT2D eigenvalue weighted by Gasteiger charge is -2.11. The predicted octanol–water partition coefficient (Wildman–Crippen LogP) is 2.73. The average molecular weight is 284 g/mol. The van der Waals surface area contributed by atoms with Crippen LogP contribution in [0.15, 0.2) is 30.3 Å². The molecule has 0 radical (unpaired) electrons. The normalized spacial score (nSPS) is 11.6. The second-order valence-electron chi connectivity index (χ2n) is 4.28. The van der Waals surface area contributed by atoms with Crippen LogP contribution in [0.5, 0.6) is 0 Å². The monoisotopic (exact) mass is 284 g/mol. The summed E-state index contributed by atoms with van der Waals surface area (Å²) in [5, 5.41) is 12.8. The summed E-state index contributed by atoms with van der Waals surface area (Å²) in [6.07, 6.45) is -4.52. The fourth-order valence-corrected chi connectivity index (χ4v) is 1.96. The standard InChI is InChI=1S/C13H11F3N2O2/c1-18-11(12(19)20)7-9(17-18)6-8-4-2-3-5-10(8)13(14,15)16/h2-5,7H,6H2,1H3,(H,19,20). The van der Waals surface area contributed by atoms with Gasteiger partial charge in [-0.1, -0.05) is 18.2 Å². The molecule has 0 aliphatic carbocycles. The average Bonchev–Trinajstić information content (AvgIpc) is 2.69. The maximum absolute atomic E-state index is 12.8. The zero-order chi connectivity index (χ0) is 14.9. The van der Waals surface area contributed by atoms with E-state index in [9.17, 15) is 18.0 Å². The highest BCUT2D eigenvalue weighted by atomic mass is 19.4. The molecular formula is C13H11F3N2O2. The van der Waals surface area contributed by atoms with Gasteiger partial charge in [-0.2, -0.15) is 18.3 Å². The minimum absolute atomic E-state index is 0.0649. The Hall–Kier alpha value is -2.31. The van der Waals surface area contributed by atoms with Crippen molar-refractivity contribution >= 4 is 5.97 Å². The number of alkyl halides is 3. The number of hydrogen-bond donors (Lipinski definition) is 1. The molecule has 0 saturated heterocycles. The Morgan fingerprint density at radius 3 is 2.55 bits per heavy atom. The Morgan fingerprint density at radius 1 is 1.35 bits per heavy atom. The summed E-state index contributed by atoms with van der Waals surface area (Å²) in [4.78, 5) is 10.9. The summed E-state index contributed by atoms with van der Waals surface area (Å²) in [6, 6.07) is 6.45. The molecule has 1 aromatic carbocycles. The van der Waals surface area contributed by atoms with Gasteiger partial charge in [-0.3, -0.25) is 4.68 Å². The first kappa shape index (κ1) is 14.1. The lowest BCUT2D eigenvalue weighted by molar-refractivity contribution is -0.138. The Labute approximate surface area is 112 Å². The van der Waals surface area contributed by atoms with Gasteiger partial charge in [0.1, 0.15) is 5.69 Å². The lowest BCUT2D eigenvalue weighted by atomic mass is 10.0. The van der Waals surface area contributed by atoms with Crippen LogP contribution in [0.2, 0.25) is 0 Å². The number of hydrogen-bond acceptors (Lipinski definition) is 2. The molecule has 0 spiro atoms. The van der Waals surface area contributed by atoms with Crippen molar-refractivity contribution in [2.45, 2.75) is 12.6 Å². The molecular weight excluding hydrogens is 273 g/mol. The first-order valence-electron chi connectivity index (χ1n) is 5.70. The molecule has 7 heteroatoms. The molecule has 1 N–H and O–H groups in total. The van der Waals surface area contributed by atoms with Crippen molar-refractivity contribution in [2.24, 2.45) is 7.05 Å². The largest absolute Gasteiger partial charge is 0.477 e. The van der Waals surface area contributed by atoms with Gasteiger partial charge >= 0.3 is 12.1 Å². The maximum Gasteiger partial charge on any atom is 0.416 e. The molecule has 20 heavy (non-hydrogen) atoms. The maximum atomic E-state index is 12.8. The number of aromatic carboxylic acids is 1. The van der Waals surface area contributed by atoms with Crippen LogP contribution in [-0.2, 0) is 19.6 Å². The van der Waals surface area contributed by atoms with Crippen molar-refractivity contribution in [1.29, 1.82) is 0 Å². The molecule has 0 amide bonds. The lowest BCUT2D eigenvalue weighted by Crippen LogP contribution is -2.09. The third kappa shape index (κ3) is 2.81. The number of aromatic nitrogens is 2. The second-order valence-corrected chi connectivity index (χ2v) is 4.28. The number of carbonyl (C=O) groups is 1. The SMILES string of the molecule is Cn1nc(Cc2ccccc2C(F)(F)F)cc1C(=O)O. The van der Waals surface area contributed by atoms with Crippen LogP contribution in [0.1, 0.15) is 27.3 Å². The van der Waals surface area contributed by atoms with Crippen LogP contribution in [0.3, 0.4) is 0 Å². The number of aryl methyl sites for hydroxylation is 1. The van der Waals surface area contributed by atoms with Crippen molar-refractivity contribution in [2.75, 3.05) is 0 Å². The quantitative estimate of drug-likeness (QED) is 0.942. The summed E-state index contributed by atoms with van der Waals surface area (Å²) in [5.74, 6) is -1.17. The van der Waals surface area contributed by atoms with E-state index in [1.165, 1.54) is 31.3 Å². The molecule has 0 bridgehead atoms. The molecule has 0 aliphatic rings. The van der Waals surface area contributed by atoms with Gasteiger partial charge < -0.3 is 5.11 Å². The van der Waals surface area contributed by atoms with Crippen LogP contribution >= 0.6 is 0 Å². The van der Waals surface area contributed by atoms with Gasteiger partial charge in [-0.25, -0.2) is 4.79 Å². The molecule has 2 aromatic rings. The molecule has 0 fully saturated rings. The number of carboxylic acids is 1. The van der Waals surface area contributed by atoms with Gasteiger partial charge in [0.15, 0.2) is 0 Å². The highest BCUT2D eigenvalue weighted by Gasteiger charge is 2.33. The Kier molecular flexibility index (Phi) is 3.52. The van der Waals surface area contributed by atoms with E-state index in [-0.39, 0.29) is 23.4 Å². The number of halogens is 3. The highest BCUT2D eigenvalue weighted by molar-refractivity contribution is 5.85. The highest BCUT2D eigenvalue weighted by Crippen LogP contribution is 2.32. The van der Waals surface area contributed by atoms with Gasteiger partial charge in [0.05, 0.1) is 11.3 Å². The van der Waals surface area contributed by atoms with Crippen LogP contribution < -0.4 is 0 Å². The van der Waals surface area contributed by atoms with E-state index in [0.29, 0.717) is 0 Å². The Bertz CT molecular complexity index is 647. The number of rotatable bonds is 3. The molecule has 0 unspecified atom stereocenters. The van der Waals surface area contributed by atoms with Crippen molar-refractivity contribution in [1.82, 2.24) is 9.78 Å². The second kappa shape index (κ2) is 4.99. The first-order valence-corrected chi connectivity index (χ1v) is 5.70. The summed E-state index contributed by atoms with van der Waals surface area (Å²) >= 11 is 0. The van der Waals surface area contributed by atoms with Crippen molar-refractivity contribution in [3.8, 4) is 0 Å². The summed E-state index contributed by atoms with van der Waals surface area (Å²) in [7, 11) is 1.43. The van der Waals surface area contributed by atoms with E-state index in [0.717, 1.165) is 10.7 Å². The molecule has 1 aromatic heterocycles. The number of nitrogens with zero attached hydrogens (tertiary/aromatic N) is 2. The van der Waals surface area contributed by atoms with E-state index in [4.69, 9.17) is 5.11 Å². The molecule has 0 atom stereocenters. The minimum atomic E-state index is -4.44. The molecule has 106 valence electrons. The Balaban J connectivity index is 2.36. The van der Waals surface area contributed by atoms with Crippen LogP contribution in [0, 0.1) is 0 Å². The van der Waals surface area contributed by atoms with Gasteiger partial charge in [0.25, 0.3) is 0 Å². The van der Waals surface area contributed by atoms with Crippen molar-refractivity contribution in [3.63, 3.8) is 0 Å².